The number of anilines is 2. The summed E-state index contributed by atoms with van der Waals surface area (Å²) in [5.41, 5.74) is 2.24. The van der Waals surface area contributed by atoms with Gasteiger partial charge in [0.15, 0.2) is 0 Å². The number of rotatable bonds is 2. The SMILES string of the molecule is CNc1cc(N(C)C)ccc1S. The molecule has 0 aliphatic rings. The van der Waals surface area contributed by atoms with Crippen molar-refractivity contribution in [3.05, 3.63) is 18.2 Å². The van der Waals surface area contributed by atoms with Crippen molar-refractivity contribution in [3.8, 4) is 0 Å². The van der Waals surface area contributed by atoms with Gasteiger partial charge in [-0.1, -0.05) is 0 Å². The third-order valence-corrected chi connectivity index (χ3v) is 2.16. The average molecular weight is 182 g/mol. The minimum atomic E-state index is 0.975. The zero-order valence-electron chi connectivity index (χ0n) is 7.63. The molecule has 1 aromatic rings. The smallest absolute Gasteiger partial charge is 0.0493 e. The monoisotopic (exact) mass is 182 g/mol. The molecule has 3 heteroatoms. The lowest BCUT2D eigenvalue weighted by molar-refractivity contribution is 1.13. The number of nitrogens with zero attached hydrogens (tertiary/aromatic N) is 1. The molecule has 0 saturated carbocycles. The summed E-state index contributed by atoms with van der Waals surface area (Å²) in [7, 11) is 5.94. The molecule has 0 amide bonds. The first-order chi connectivity index (χ1) is 5.65. The molecule has 1 N–H and O–H groups in total. The number of nitrogens with one attached hydrogen (secondary N) is 1. The van der Waals surface area contributed by atoms with Gasteiger partial charge in [0.1, 0.15) is 0 Å². The molecular formula is C9H14N2S. The Labute approximate surface area is 79.0 Å². The molecule has 2 nitrogen and oxygen atoms in total. The first kappa shape index (κ1) is 9.26. The van der Waals surface area contributed by atoms with Crippen LogP contribution >= 0.6 is 12.6 Å². The van der Waals surface area contributed by atoms with E-state index in [9.17, 15) is 0 Å². The van der Waals surface area contributed by atoms with Crippen LogP contribution in [0.15, 0.2) is 23.1 Å². The first-order valence-electron chi connectivity index (χ1n) is 3.83. The highest BCUT2D eigenvalue weighted by atomic mass is 32.1. The highest BCUT2D eigenvalue weighted by Gasteiger charge is 1.99. The fourth-order valence-electron chi connectivity index (χ4n) is 1.00. The van der Waals surface area contributed by atoms with Crippen LogP contribution in [0.25, 0.3) is 0 Å². The second kappa shape index (κ2) is 3.72. The zero-order valence-corrected chi connectivity index (χ0v) is 8.52. The average Bonchev–Trinajstić information content (AvgIpc) is 2.05. The zero-order chi connectivity index (χ0) is 9.14. The first-order valence-corrected chi connectivity index (χ1v) is 4.28. The molecule has 12 heavy (non-hydrogen) atoms. The largest absolute Gasteiger partial charge is 0.387 e. The fourth-order valence-corrected chi connectivity index (χ4v) is 1.25. The minimum absolute atomic E-state index is 0.975. The van der Waals surface area contributed by atoms with Crippen molar-refractivity contribution in [1.29, 1.82) is 0 Å². The Morgan fingerprint density at radius 3 is 2.50 bits per heavy atom. The lowest BCUT2D eigenvalue weighted by Gasteiger charge is -2.14. The van der Waals surface area contributed by atoms with Gasteiger partial charge in [0.05, 0.1) is 0 Å². The summed E-state index contributed by atoms with van der Waals surface area (Å²) >= 11 is 4.31. The summed E-state index contributed by atoms with van der Waals surface area (Å²) in [5, 5.41) is 3.09. The molecule has 66 valence electrons. The Morgan fingerprint density at radius 1 is 1.33 bits per heavy atom. The van der Waals surface area contributed by atoms with E-state index >= 15 is 0 Å². The third kappa shape index (κ3) is 1.85. The van der Waals surface area contributed by atoms with Crippen molar-refractivity contribution in [3.63, 3.8) is 0 Å². The van der Waals surface area contributed by atoms with Crippen LogP contribution in [-0.4, -0.2) is 21.1 Å². The molecule has 0 radical (unpaired) electrons. The lowest BCUT2D eigenvalue weighted by Crippen LogP contribution is -2.08. The summed E-state index contributed by atoms with van der Waals surface area (Å²) in [6.07, 6.45) is 0. The standard InChI is InChI=1S/C9H14N2S/c1-10-8-6-7(11(2)3)4-5-9(8)12/h4-6,10,12H,1-3H3. The van der Waals surface area contributed by atoms with Gasteiger partial charge in [-0.3, -0.25) is 0 Å². The van der Waals surface area contributed by atoms with Gasteiger partial charge < -0.3 is 10.2 Å². The maximum atomic E-state index is 4.31. The molecule has 0 aliphatic carbocycles. The van der Waals surface area contributed by atoms with Crippen LogP contribution in [-0.2, 0) is 0 Å². The van der Waals surface area contributed by atoms with E-state index in [1.54, 1.807) is 0 Å². The van der Waals surface area contributed by atoms with Gasteiger partial charge in [0.25, 0.3) is 0 Å². The van der Waals surface area contributed by atoms with Crippen LogP contribution in [0.1, 0.15) is 0 Å². The van der Waals surface area contributed by atoms with E-state index in [1.807, 2.05) is 33.3 Å². The maximum Gasteiger partial charge on any atom is 0.0493 e. The Kier molecular flexibility index (Phi) is 2.87. The fraction of sp³-hybridized carbons (Fsp3) is 0.333. The van der Waals surface area contributed by atoms with E-state index in [4.69, 9.17) is 0 Å². The van der Waals surface area contributed by atoms with E-state index in [0.717, 1.165) is 10.6 Å². The molecule has 1 aromatic carbocycles. The maximum absolute atomic E-state index is 4.31. The van der Waals surface area contributed by atoms with E-state index < -0.39 is 0 Å². The van der Waals surface area contributed by atoms with E-state index in [1.165, 1.54) is 5.69 Å². The van der Waals surface area contributed by atoms with E-state index in [0.29, 0.717) is 0 Å². The Morgan fingerprint density at radius 2 is 2.00 bits per heavy atom. The van der Waals surface area contributed by atoms with E-state index in [2.05, 4.69) is 28.9 Å². The van der Waals surface area contributed by atoms with E-state index in [-0.39, 0.29) is 0 Å². The Hall–Kier alpha value is -0.830. The van der Waals surface area contributed by atoms with Gasteiger partial charge in [-0.25, -0.2) is 0 Å². The van der Waals surface area contributed by atoms with Crippen LogP contribution in [0.4, 0.5) is 11.4 Å². The summed E-state index contributed by atoms with van der Waals surface area (Å²) in [5.74, 6) is 0. The van der Waals surface area contributed by atoms with Crippen LogP contribution in [0.5, 0.6) is 0 Å². The highest BCUT2D eigenvalue weighted by Crippen LogP contribution is 2.24. The molecule has 0 saturated heterocycles. The van der Waals surface area contributed by atoms with Crippen molar-refractivity contribution in [2.75, 3.05) is 31.4 Å². The van der Waals surface area contributed by atoms with Crippen LogP contribution in [0, 0.1) is 0 Å². The second-order valence-electron chi connectivity index (χ2n) is 2.85. The molecule has 0 spiro atoms. The van der Waals surface area contributed by atoms with Crippen LogP contribution in [0.2, 0.25) is 0 Å². The molecule has 0 bridgehead atoms. The number of hydrogen-bond acceptors (Lipinski definition) is 3. The lowest BCUT2D eigenvalue weighted by atomic mass is 10.2. The van der Waals surface area contributed by atoms with Gasteiger partial charge in [-0.15, -0.1) is 12.6 Å². The molecule has 1 rings (SSSR count). The summed E-state index contributed by atoms with van der Waals surface area (Å²) in [6.45, 7) is 0. The number of thiol groups is 1. The van der Waals surface area contributed by atoms with Gasteiger partial charge in [0.2, 0.25) is 0 Å². The highest BCUT2D eigenvalue weighted by molar-refractivity contribution is 7.80. The normalized spacial score (nSPS) is 9.67. The molecule has 0 heterocycles. The van der Waals surface area contributed by atoms with Gasteiger partial charge >= 0.3 is 0 Å². The number of hydrogen-bond donors (Lipinski definition) is 2. The molecule has 0 aliphatic heterocycles. The van der Waals surface area contributed by atoms with Gasteiger partial charge in [0, 0.05) is 37.4 Å². The van der Waals surface area contributed by atoms with Gasteiger partial charge in [-0.05, 0) is 18.2 Å². The quantitative estimate of drug-likeness (QED) is 0.681. The Balaban J connectivity index is 3.05. The molecule has 0 unspecified atom stereocenters. The van der Waals surface area contributed by atoms with Crippen molar-refractivity contribution in [2.45, 2.75) is 4.90 Å². The summed E-state index contributed by atoms with van der Waals surface area (Å²) < 4.78 is 0. The van der Waals surface area contributed by atoms with Crippen molar-refractivity contribution in [1.82, 2.24) is 0 Å². The molecular weight excluding hydrogens is 168 g/mol. The Bertz CT molecular complexity index is 271. The second-order valence-corrected chi connectivity index (χ2v) is 3.33. The van der Waals surface area contributed by atoms with Crippen molar-refractivity contribution >= 4 is 24.0 Å². The topological polar surface area (TPSA) is 15.3 Å². The minimum Gasteiger partial charge on any atom is -0.387 e. The third-order valence-electron chi connectivity index (χ3n) is 1.77. The van der Waals surface area contributed by atoms with Crippen LogP contribution < -0.4 is 10.2 Å². The number of benzene rings is 1. The summed E-state index contributed by atoms with van der Waals surface area (Å²) in [4.78, 5) is 3.04. The van der Waals surface area contributed by atoms with Crippen molar-refractivity contribution < 1.29 is 0 Å². The van der Waals surface area contributed by atoms with Crippen LogP contribution in [0.3, 0.4) is 0 Å². The van der Waals surface area contributed by atoms with Gasteiger partial charge in [-0.2, -0.15) is 0 Å². The van der Waals surface area contributed by atoms with Crippen molar-refractivity contribution in [2.24, 2.45) is 0 Å². The predicted molar refractivity (Wildman–Crippen MR) is 57.6 cm³/mol. The predicted octanol–water partition coefficient (Wildman–Crippen LogP) is 2.08. The molecule has 0 fully saturated rings. The molecule has 0 atom stereocenters. The molecule has 0 aromatic heterocycles. The summed E-state index contributed by atoms with van der Waals surface area (Å²) in [6, 6.07) is 6.11.